The van der Waals surface area contributed by atoms with Gasteiger partial charge in [0.15, 0.2) is 5.43 Å². The molecule has 0 radical (unpaired) electrons. The third kappa shape index (κ3) is 5.41. The zero-order chi connectivity index (χ0) is 30.0. The quantitative estimate of drug-likeness (QED) is 0.243. The first kappa shape index (κ1) is 31.3. The topological polar surface area (TPSA) is 173 Å². The van der Waals surface area contributed by atoms with E-state index in [1.54, 1.807) is 9.47 Å². The maximum atomic E-state index is 15.2. The second kappa shape index (κ2) is 11.8. The van der Waals surface area contributed by atoms with Gasteiger partial charge in [0.2, 0.25) is 5.91 Å². The van der Waals surface area contributed by atoms with Gasteiger partial charge in [-0.15, -0.1) is 0 Å². The van der Waals surface area contributed by atoms with Crippen LogP contribution in [0.2, 0.25) is 0 Å². The molecule has 1 aromatic carbocycles. The number of β-lactam (4-membered cyclic amide) rings is 1. The molecule has 4 heterocycles. The summed E-state index contributed by atoms with van der Waals surface area (Å²) < 4.78 is 22.3. The normalized spacial score (nSPS) is 22.2. The molecule has 2 aromatic rings. The maximum absolute atomic E-state index is 15.2. The average molecular weight is 625 g/mol. The minimum Gasteiger partial charge on any atom is -0.545 e. The number of carbonyl (C=O) groups excluding carboxylic acids is 3. The molecule has 1 saturated carbocycles. The van der Waals surface area contributed by atoms with E-state index in [2.05, 4.69) is 0 Å². The summed E-state index contributed by atoms with van der Waals surface area (Å²) in [5.41, 5.74) is -0.950. The molecule has 2 amide bonds. The number of rotatable bonds is 7. The van der Waals surface area contributed by atoms with Crippen molar-refractivity contribution in [3.05, 3.63) is 50.5 Å². The number of aliphatic hydroxyl groups excluding tert-OH is 1. The van der Waals surface area contributed by atoms with Gasteiger partial charge in [-0.25, -0.2) is 14.0 Å². The van der Waals surface area contributed by atoms with Crippen LogP contribution in [0.3, 0.4) is 0 Å². The van der Waals surface area contributed by atoms with Crippen LogP contribution in [0.1, 0.15) is 36.2 Å². The van der Waals surface area contributed by atoms with Crippen LogP contribution < -0.4 is 45.0 Å². The van der Waals surface area contributed by atoms with E-state index < -0.39 is 58.1 Å². The van der Waals surface area contributed by atoms with Crippen LogP contribution in [0.4, 0.5) is 14.9 Å². The van der Waals surface area contributed by atoms with Gasteiger partial charge in [-0.05, 0) is 31.9 Å². The van der Waals surface area contributed by atoms with E-state index in [4.69, 9.17) is 4.74 Å². The molecule has 1 aliphatic carbocycles. The number of carboxylic acids is 2. The van der Waals surface area contributed by atoms with Gasteiger partial charge in [0.05, 0.1) is 39.7 Å². The largest absolute Gasteiger partial charge is 1.00 e. The molecule has 3 fully saturated rings. The van der Waals surface area contributed by atoms with E-state index in [-0.39, 0.29) is 90.1 Å². The third-order valence-corrected chi connectivity index (χ3v) is 9.38. The third-order valence-electron chi connectivity index (χ3n) is 8.04. The van der Waals surface area contributed by atoms with E-state index in [0.717, 1.165) is 35.6 Å². The number of piperazine rings is 1. The number of anilines is 1. The minimum absolute atomic E-state index is 0. The van der Waals surface area contributed by atoms with Crippen molar-refractivity contribution in [2.45, 2.75) is 37.3 Å². The fraction of sp³-hybridized carbons (Fsp3) is 0.444. The van der Waals surface area contributed by atoms with Gasteiger partial charge in [0.25, 0.3) is 0 Å². The smallest absolute Gasteiger partial charge is 0.545 e. The first-order valence-electron chi connectivity index (χ1n) is 13.4. The Morgan fingerprint density at radius 3 is 2.42 bits per heavy atom. The number of amides is 2. The summed E-state index contributed by atoms with van der Waals surface area (Å²) >= 11 is 1.07. The van der Waals surface area contributed by atoms with Crippen molar-refractivity contribution in [2.24, 2.45) is 5.92 Å². The number of aromatic carboxylic acids is 1. The van der Waals surface area contributed by atoms with Gasteiger partial charge in [-0.3, -0.25) is 14.5 Å². The fourth-order valence-corrected chi connectivity index (χ4v) is 7.23. The number of hydrogen-bond acceptors (Lipinski definition) is 10. The number of benzene rings is 1. The molecule has 0 spiro atoms. The van der Waals surface area contributed by atoms with E-state index in [0.29, 0.717) is 5.52 Å². The number of ether oxygens (including phenoxy) is 1. The van der Waals surface area contributed by atoms with E-state index in [1.165, 1.54) is 24.1 Å². The Kier molecular flexibility index (Phi) is 8.57. The number of fused-ring (bicyclic) bond motifs is 2. The van der Waals surface area contributed by atoms with Crippen molar-refractivity contribution in [2.75, 3.05) is 37.7 Å². The van der Waals surface area contributed by atoms with Crippen LogP contribution >= 0.6 is 11.8 Å². The Hall–Kier alpha value is -3.11. The number of hydrogen-bond donors (Lipinski definition) is 2. The number of thioether (sulfide) groups is 1. The molecule has 2 N–H and O–H groups in total. The number of pyridine rings is 1. The molecular formula is C27H26FN4NaO9S. The first-order valence-corrected chi connectivity index (χ1v) is 14.3. The Labute approximate surface area is 270 Å². The van der Waals surface area contributed by atoms with Crippen LogP contribution in [0.25, 0.3) is 10.9 Å². The standard InChI is InChI=1S/C27H27FN4O9S.Na/c1-12(33)20-23(35)32-21(26(38)39)19(42-24(20)32)11-41-27(40)30-6-4-29(5-7-30)18-9-17-14(8-16(18)28)22(34)15(25(36)37)10-31(17)13-2-3-13;/h8-10,12-13,20,24,33H,2-7,11H2,1H3,(H,36,37)(H,38,39);/q;+1/p-1/t12-,20+,24-;/m1./s1. The van der Waals surface area contributed by atoms with Crippen molar-refractivity contribution in [3.63, 3.8) is 0 Å². The summed E-state index contributed by atoms with van der Waals surface area (Å²) in [5.74, 6) is -4.88. The van der Waals surface area contributed by atoms with E-state index >= 15 is 4.39 Å². The van der Waals surface area contributed by atoms with Crippen LogP contribution in [0.15, 0.2) is 33.7 Å². The van der Waals surface area contributed by atoms with E-state index in [1.807, 2.05) is 0 Å². The Morgan fingerprint density at radius 2 is 1.84 bits per heavy atom. The Morgan fingerprint density at radius 1 is 1.16 bits per heavy atom. The molecule has 1 aromatic heterocycles. The number of aromatic nitrogens is 1. The summed E-state index contributed by atoms with van der Waals surface area (Å²) in [4.78, 5) is 65.6. The van der Waals surface area contributed by atoms with Gasteiger partial charge >= 0.3 is 41.6 Å². The van der Waals surface area contributed by atoms with Crippen LogP contribution in [0, 0.1) is 11.7 Å². The summed E-state index contributed by atoms with van der Waals surface area (Å²) in [6.45, 7) is 1.92. The maximum Gasteiger partial charge on any atom is 1.00 e. The van der Waals surface area contributed by atoms with Crippen molar-refractivity contribution in [1.82, 2.24) is 14.4 Å². The Bertz CT molecular complexity index is 1630. The summed E-state index contributed by atoms with van der Waals surface area (Å²) in [7, 11) is 0. The summed E-state index contributed by atoms with van der Waals surface area (Å²) in [5, 5.41) is 30.4. The average Bonchev–Trinajstić information content (AvgIpc) is 3.73. The molecule has 16 heteroatoms. The zero-order valence-electron chi connectivity index (χ0n) is 23.3. The van der Waals surface area contributed by atoms with Crippen LogP contribution in [-0.4, -0.2) is 92.8 Å². The van der Waals surface area contributed by atoms with E-state index in [9.17, 15) is 39.3 Å². The van der Waals surface area contributed by atoms with Gasteiger partial charge in [0.1, 0.15) is 23.5 Å². The molecule has 0 unspecified atom stereocenters. The van der Waals surface area contributed by atoms with Crippen LogP contribution in [-0.2, 0) is 14.3 Å². The number of carboxylic acid groups (broad SMARTS) is 2. The second-order valence-electron chi connectivity index (χ2n) is 10.7. The van der Waals surface area contributed by atoms with Crippen molar-refractivity contribution in [1.29, 1.82) is 0 Å². The predicted octanol–water partition coefficient (Wildman–Crippen LogP) is -2.69. The summed E-state index contributed by atoms with van der Waals surface area (Å²) in [6.07, 6.45) is 1.21. The van der Waals surface area contributed by atoms with Crippen molar-refractivity contribution in [3.8, 4) is 0 Å². The SMILES string of the molecule is C[C@@H](O)[C@H]1C(=O)N2C(C(=O)O)=C(COC(=O)N3CCN(c4cc5c(cc4F)c(=O)c(C(=O)[O-])cn5C4CC4)CC3)S[C@H]12.[Na+]. The minimum atomic E-state index is -1.62. The predicted molar refractivity (Wildman–Crippen MR) is 144 cm³/mol. The van der Waals surface area contributed by atoms with Crippen molar-refractivity contribution < 1.29 is 73.2 Å². The number of carbonyl (C=O) groups is 4. The number of aliphatic hydroxyl groups is 1. The molecule has 3 atom stereocenters. The molecule has 6 rings (SSSR count). The fourth-order valence-electron chi connectivity index (χ4n) is 5.70. The molecule has 13 nitrogen and oxygen atoms in total. The van der Waals surface area contributed by atoms with Crippen LogP contribution in [0.5, 0.6) is 0 Å². The summed E-state index contributed by atoms with van der Waals surface area (Å²) in [6, 6.07) is 2.58. The van der Waals surface area contributed by atoms with Gasteiger partial charge < -0.3 is 39.2 Å². The number of nitrogens with zero attached hydrogens (tertiary/aromatic N) is 4. The molecule has 3 aliphatic heterocycles. The van der Waals surface area contributed by atoms with Gasteiger partial charge in [0, 0.05) is 43.8 Å². The number of aliphatic carboxylic acids is 1. The Balaban J connectivity index is 0.00000368. The van der Waals surface area contributed by atoms with Gasteiger partial charge in [-0.1, -0.05) is 11.8 Å². The zero-order valence-corrected chi connectivity index (χ0v) is 26.1. The molecular weight excluding hydrogens is 598 g/mol. The molecule has 0 bridgehead atoms. The molecule has 2 saturated heterocycles. The molecule has 4 aliphatic rings. The molecule has 43 heavy (non-hydrogen) atoms. The van der Waals surface area contributed by atoms with Crippen molar-refractivity contribution >= 4 is 52.3 Å². The first-order chi connectivity index (χ1) is 20.0. The van der Waals surface area contributed by atoms with Gasteiger partial charge in [-0.2, -0.15) is 0 Å². The monoisotopic (exact) mass is 624 g/mol. The second-order valence-corrected chi connectivity index (χ2v) is 11.9. The molecule has 222 valence electrons. The number of halogens is 1.